The minimum Gasteiger partial charge on any atom is -0.314 e. The lowest BCUT2D eigenvalue weighted by Crippen LogP contribution is -3.13. The second kappa shape index (κ2) is 3.20. The van der Waals surface area contributed by atoms with Gasteiger partial charge in [0.2, 0.25) is 6.29 Å². The Balaban J connectivity index is 1.79. The van der Waals surface area contributed by atoms with Gasteiger partial charge in [0.1, 0.15) is 0 Å². The lowest BCUT2D eigenvalue weighted by atomic mass is 10.4. The molecule has 3 aliphatic heterocycles. The van der Waals surface area contributed by atoms with Gasteiger partial charge < -0.3 is 10.2 Å². The zero-order valence-corrected chi connectivity index (χ0v) is 8.13. The first-order chi connectivity index (χ1) is 6.45. The van der Waals surface area contributed by atoms with Crippen molar-refractivity contribution in [2.75, 3.05) is 52.4 Å². The summed E-state index contributed by atoms with van der Waals surface area (Å²) >= 11 is 0. The van der Waals surface area contributed by atoms with Crippen molar-refractivity contribution in [2.24, 2.45) is 0 Å². The lowest BCUT2D eigenvalue weighted by Gasteiger charge is -2.30. The first-order valence-corrected chi connectivity index (χ1v) is 5.48. The third kappa shape index (κ3) is 1.29. The molecule has 3 rings (SSSR count). The summed E-state index contributed by atoms with van der Waals surface area (Å²) in [6, 6.07) is 0. The van der Waals surface area contributed by atoms with E-state index in [1.54, 1.807) is 0 Å². The van der Waals surface area contributed by atoms with Crippen molar-refractivity contribution in [2.45, 2.75) is 6.29 Å². The van der Waals surface area contributed by atoms with Gasteiger partial charge in [-0.2, -0.15) is 0 Å². The van der Waals surface area contributed by atoms with Gasteiger partial charge in [-0.15, -0.1) is 0 Å². The summed E-state index contributed by atoms with van der Waals surface area (Å²) in [6.07, 6.45) is 0.738. The monoisotopic (exact) mass is 183 g/mol. The largest absolute Gasteiger partial charge is 0.314 e. The number of hydrogen-bond donors (Lipinski definition) is 2. The van der Waals surface area contributed by atoms with Crippen LogP contribution in [0.4, 0.5) is 0 Å². The molecule has 3 heterocycles. The van der Waals surface area contributed by atoms with E-state index in [1.165, 1.54) is 52.4 Å². The average molecular weight is 183 g/mol. The Bertz CT molecular complexity index is 178. The van der Waals surface area contributed by atoms with E-state index in [0.29, 0.717) is 0 Å². The van der Waals surface area contributed by atoms with Crippen LogP contribution in [0.5, 0.6) is 0 Å². The normalized spacial score (nSPS) is 41.5. The van der Waals surface area contributed by atoms with Crippen LogP contribution in [0.2, 0.25) is 0 Å². The summed E-state index contributed by atoms with van der Waals surface area (Å²) in [4.78, 5) is 7.10. The van der Waals surface area contributed by atoms with Crippen LogP contribution >= 0.6 is 0 Å². The minimum absolute atomic E-state index is 0.738. The van der Waals surface area contributed by atoms with Gasteiger partial charge in [-0.25, -0.2) is 9.80 Å². The summed E-state index contributed by atoms with van der Waals surface area (Å²) in [5.74, 6) is 0. The molecule has 0 aromatic carbocycles. The van der Waals surface area contributed by atoms with Crippen molar-refractivity contribution in [1.29, 1.82) is 0 Å². The fourth-order valence-electron chi connectivity index (χ4n) is 2.99. The van der Waals surface area contributed by atoms with Crippen LogP contribution in [-0.4, -0.2) is 68.4 Å². The molecular weight excluding hydrogens is 164 g/mol. The van der Waals surface area contributed by atoms with E-state index in [4.69, 9.17) is 0 Å². The van der Waals surface area contributed by atoms with Crippen LogP contribution in [0.3, 0.4) is 0 Å². The summed E-state index contributed by atoms with van der Waals surface area (Å²) in [7, 11) is 0. The highest BCUT2D eigenvalue weighted by atomic mass is 15.6. The van der Waals surface area contributed by atoms with Crippen molar-refractivity contribution in [3.05, 3.63) is 0 Å². The molecule has 13 heavy (non-hydrogen) atoms. The first-order valence-electron chi connectivity index (χ1n) is 5.48. The molecule has 0 amide bonds. The van der Waals surface area contributed by atoms with Gasteiger partial charge in [0, 0.05) is 26.2 Å². The van der Waals surface area contributed by atoms with Crippen LogP contribution in [-0.2, 0) is 0 Å². The molecule has 3 aliphatic rings. The van der Waals surface area contributed by atoms with Gasteiger partial charge in [-0.1, -0.05) is 0 Å². The van der Waals surface area contributed by atoms with Crippen LogP contribution in [0.15, 0.2) is 0 Å². The predicted molar refractivity (Wildman–Crippen MR) is 50.5 cm³/mol. The molecule has 0 radical (unpaired) electrons. The second-order valence-corrected chi connectivity index (χ2v) is 4.35. The molecule has 4 nitrogen and oxygen atoms in total. The van der Waals surface area contributed by atoms with Gasteiger partial charge in [0.15, 0.2) is 0 Å². The van der Waals surface area contributed by atoms with Crippen LogP contribution in [0, 0.1) is 0 Å². The SMILES string of the molecule is C1CN2CC[NH+]3CCN(CCN1)C23. The van der Waals surface area contributed by atoms with E-state index in [2.05, 4.69) is 15.1 Å². The maximum atomic E-state index is 3.49. The topological polar surface area (TPSA) is 23.0 Å². The van der Waals surface area contributed by atoms with E-state index in [-0.39, 0.29) is 0 Å². The molecule has 3 fully saturated rings. The summed E-state index contributed by atoms with van der Waals surface area (Å²) in [6.45, 7) is 10.2. The smallest absolute Gasteiger partial charge is 0.204 e. The number of nitrogens with one attached hydrogen (secondary N) is 2. The zero-order chi connectivity index (χ0) is 8.67. The molecule has 3 saturated heterocycles. The second-order valence-electron chi connectivity index (χ2n) is 4.35. The quantitative estimate of drug-likeness (QED) is 0.430. The Hall–Kier alpha value is -0.160. The Labute approximate surface area is 79.5 Å². The van der Waals surface area contributed by atoms with Gasteiger partial charge in [0.25, 0.3) is 0 Å². The molecule has 0 bridgehead atoms. The fourth-order valence-corrected chi connectivity index (χ4v) is 2.99. The molecular formula is C9H19N4+. The molecule has 4 heteroatoms. The molecule has 74 valence electrons. The van der Waals surface area contributed by atoms with Gasteiger partial charge in [-0.3, -0.25) is 0 Å². The van der Waals surface area contributed by atoms with Crippen LogP contribution in [0.1, 0.15) is 0 Å². The summed E-state index contributed by atoms with van der Waals surface area (Å²) < 4.78 is 0. The van der Waals surface area contributed by atoms with E-state index in [1.807, 2.05) is 4.90 Å². The van der Waals surface area contributed by atoms with Crippen molar-refractivity contribution >= 4 is 0 Å². The molecule has 0 aromatic heterocycles. The fraction of sp³-hybridized carbons (Fsp3) is 1.00. The van der Waals surface area contributed by atoms with Crippen molar-refractivity contribution < 1.29 is 4.90 Å². The average Bonchev–Trinajstić information content (AvgIpc) is 2.60. The van der Waals surface area contributed by atoms with Crippen molar-refractivity contribution in [1.82, 2.24) is 15.1 Å². The zero-order valence-electron chi connectivity index (χ0n) is 8.13. The summed E-state index contributed by atoms with van der Waals surface area (Å²) in [5, 5.41) is 3.49. The summed E-state index contributed by atoms with van der Waals surface area (Å²) in [5.41, 5.74) is 0. The molecule has 0 atom stereocenters. The molecule has 0 unspecified atom stereocenters. The first kappa shape index (κ1) is 8.17. The number of hydrogen-bond acceptors (Lipinski definition) is 3. The third-order valence-corrected chi connectivity index (χ3v) is 3.65. The molecule has 2 N–H and O–H groups in total. The maximum absolute atomic E-state index is 3.49. The number of quaternary nitrogens is 1. The standard InChI is InChI=1S/C9H18N4/c1-3-11-5-7-13-8-6-12(9(11)13)4-2-10-1/h9-10H,1-8H2/p+1. The lowest BCUT2D eigenvalue weighted by molar-refractivity contribution is -0.911. The molecule has 0 aliphatic carbocycles. The molecule has 0 aromatic rings. The maximum Gasteiger partial charge on any atom is 0.204 e. The molecule has 0 spiro atoms. The Morgan fingerprint density at radius 3 is 2.15 bits per heavy atom. The Kier molecular flexibility index (Phi) is 2.01. The Morgan fingerprint density at radius 2 is 1.54 bits per heavy atom. The van der Waals surface area contributed by atoms with Gasteiger partial charge in [-0.05, 0) is 0 Å². The third-order valence-electron chi connectivity index (χ3n) is 3.65. The molecule has 0 saturated carbocycles. The van der Waals surface area contributed by atoms with Gasteiger partial charge >= 0.3 is 0 Å². The van der Waals surface area contributed by atoms with E-state index in [0.717, 1.165) is 6.29 Å². The van der Waals surface area contributed by atoms with E-state index >= 15 is 0 Å². The van der Waals surface area contributed by atoms with Crippen molar-refractivity contribution in [3.8, 4) is 0 Å². The number of rotatable bonds is 0. The highest BCUT2D eigenvalue weighted by Gasteiger charge is 2.44. The van der Waals surface area contributed by atoms with Crippen LogP contribution in [0.25, 0.3) is 0 Å². The highest BCUT2D eigenvalue weighted by molar-refractivity contribution is 4.77. The van der Waals surface area contributed by atoms with E-state index in [9.17, 15) is 0 Å². The van der Waals surface area contributed by atoms with Crippen LogP contribution < -0.4 is 10.2 Å². The predicted octanol–water partition coefficient (Wildman–Crippen LogP) is -2.61. The highest BCUT2D eigenvalue weighted by Crippen LogP contribution is 2.08. The number of nitrogens with zero attached hydrogens (tertiary/aromatic N) is 2. The minimum atomic E-state index is 0.738. The Morgan fingerprint density at radius 1 is 0.923 bits per heavy atom. The van der Waals surface area contributed by atoms with Gasteiger partial charge in [0.05, 0.1) is 26.2 Å². The van der Waals surface area contributed by atoms with E-state index < -0.39 is 0 Å². The van der Waals surface area contributed by atoms with Crippen molar-refractivity contribution in [3.63, 3.8) is 0 Å².